The Kier molecular flexibility index (Phi) is 4.44. The van der Waals surface area contributed by atoms with E-state index in [9.17, 15) is 41.4 Å². The predicted molar refractivity (Wildman–Crippen MR) is 78.5 cm³/mol. The molecule has 0 aliphatic heterocycles. The molecule has 5 nitrogen and oxygen atoms in total. The van der Waals surface area contributed by atoms with Crippen molar-refractivity contribution >= 4 is 17.2 Å². The molecule has 140 valence electrons. The molecular weight excluding hydrogens is 370 g/mol. The largest absolute Gasteiger partial charge is 0.505 e. The van der Waals surface area contributed by atoms with Crippen LogP contribution in [0.4, 0.5) is 37.7 Å². The highest BCUT2D eigenvalue weighted by Gasteiger charge is 2.37. The van der Waals surface area contributed by atoms with Crippen LogP contribution in [-0.4, -0.2) is 16.0 Å². The molecule has 0 atom stereocenters. The number of nitrogen functional groups attached to an aromatic ring is 2. The number of carbonyl (C=O) groups is 1. The molecule has 0 saturated heterocycles. The van der Waals surface area contributed by atoms with Crippen LogP contribution >= 0.6 is 0 Å². The van der Waals surface area contributed by atoms with Gasteiger partial charge in [0.25, 0.3) is 0 Å². The lowest BCUT2D eigenvalue weighted by atomic mass is 9.97. The van der Waals surface area contributed by atoms with Gasteiger partial charge in [-0.25, -0.2) is 0 Å². The first-order chi connectivity index (χ1) is 11.7. The maximum atomic E-state index is 12.9. The minimum atomic E-state index is -5.06. The van der Waals surface area contributed by atoms with Gasteiger partial charge in [0, 0.05) is 11.1 Å². The van der Waals surface area contributed by atoms with E-state index in [0.29, 0.717) is 12.1 Å². The van der Waals surface area contributed by atoms with Crippen molar-refractivity contribution in [1.82, 2.24) is 0 Å². The van der Waals surface area contributed by atoms with Gasteiger partial charge in [-0.1, -0.05) is 0 Å². The summed E-state index contributed by atoms with van der Waals surface area (Å²) in [5.41, 5.74) is 4.23. The lowest BCUT2D eigenvalue weighted by Gasteiger charge is -2.15. The number of rotatable bonds is 2. The van der Waals surface area contributed by atoms with Gasteiger partial charge in [-0.15, -0.1) is 0 Å². The minimum absolute atomic E-state index is 0.254. The summed E-state index contributed by atoms with van der Waals surface area (Å²) in [6.45, 7) is 0. The third-order valence-electron chi connectivity index (χ3n) is 3.41. The molecular formula is C15H10F6N2O3. The molecule has 26 heavy (non-hydrogen) atoms. The number of hydrogen-bond acceptors (Lipinski definition) is 5. The van der Waals surface area contributed by atoms with E-state index in [2.05, 4.69) is 0 Å². The fourth-order valence-corrected chi connectivity index (χ4v) is 2.17. The van der Waals surface area contributed by atoms with Gasteiger partial charge < -0.3 is 21.7 Å². The van der Waals surface area contributed by atoms with Crippen LogP contribution in [0.3, 0.4) is 0 Å². The van der Waals surface area contributed by atoms with Crippen molar-refractivity contribution < 1.29 is 41.4 Å². The quantitative estimate of drug-likeness (QED) is 0.276. The average molecular weight is 380 g/mol. The molecule has 0 unspecified atom stereocenters. The molecule has 0 aliphatic carbocycles. The van der Waals surface area contributed by atoms with E-state index in [1.807, 2.05) is 0 Å². The summed E-state index contributed by atoms with van der Waals surface area (Å²) in [7, 11) is 0. The smallest absolute Gasteiger partial charge is 0.420 e. The molecule has 0 radical (unpaired) electrons. The van der Waals surface area contributed by atoms with Crippen LogP contribution in [0.5, 0.6) is 11.5 Å². The maximum absolute atomic E-state index is 12.9. The Morgan fingerprint density at radius 1 is 0.731 bits per heavy atom. The van der Waals surface area contributed by atoms with Gasteiger partial charge in [-0.3, -0.25) is 4.79 Å². The Morgan fingerprint density at radius 2 is 1.04 bits per heavy atom. The van der Waals surface area contributed by atoms with E-state index in [1.54, 1.807) is 0 Å². The van der Waals surface area contributed by atoms with Gasteiger partial charge in [0.2, 0.25) is 0 Å². The molecule has 2 aromatic rings. The Hall–Kier alpha value is -3.11. The van der Waals surface area contributed by atoms with E-state index >= 15 is 0 Å². The van der Waals surface area contributed by atoms with Crippen LogP contribution in [0.2, 0.25) is 0 Å². The molecule has 6 N–H and O–H groups in total. The third-order valence-corrected chi connectivity index (χ3v) is 3.41. The normalized spacial score (nSPS) is 12.2. The fraction of sp³-hybridized carbons (Fsp3) is 0.133. The zero-order chi connectivity index (χ0) is 20.0. The molecule has 2 rings (SSSR count). The second-order valence-corrected chi connectivity index (χ2v) is 5.25. The molecule has 2 aromatic carbocycles. The second-order valence-electron chi connectivity index (χ2n) is 5.25. The van der Waals surface area contributed by atoms with Crippen LogP contribution in [0.15, 0.2) is 24.3 Å². The standard InChI is InChI=1S/C15H10F6N2O3/c16-14(17,18)7-1-5(3-9(22)12(7)25)11(24)6-2-8(15(19,20)21)13(26)10(23)4-6/h1-4,25-26H,22-23H2. The van der Waals surface area contributed by atoms with Crippen LogP contribution in [0.1, 0.15) is 27.0 Å². The molecule has 0 fully saturated rings. The van der Waals surface area contributed by atoms with E-state index < -0.39 is 63.3 Å². The van der Waals surface area contributed by atoms with Crippen LogP contribution in [0, 0.1) is 0 Å². The van der Waals surface area contributed by atoms with Crippen molar-refractivity contribution in [3.8, 4) is 11.5 Å². The summed E-state index contributed by atoms with van der Waals surface area (Å²) < 4.78 is 77.3. The van der Waals surface area contributed by atoms with Crippen LogP contribution in [-0.2, 0) is 12.4 Å². The zero-order valence-corrected chi connectivity index (χ0v) is 12.5. The lowest BCUT2D eigenvalue weighted by molar-refractivity contribution is -0.139. The van der Waals surface area contributed by atoms with E-state index in [0.717, 1.165) is 0 Å². The topological polar surface area (TPSA) is 110 Å². The van der Waals surface area contributed by atoms with Gasteiger partial charge in [-0.2, -0.15) is 26.3 Å². The van der Waals surface area contributed by atoms with E-state index in [1.165, 1.54) is 0 Å². The molecule has 0 aliphatic rings. The predicted octanol–water partition coefficient (Wildman–Crippen LogP) is 3.53. The number of carbonyl (C=O) groups excluding carboxylic acids is 1. The van der Waals surface area contributed by atoms with Gasteiger partial charge in [0.15, 0.2) is 17.3 Å². The summed E-state index contributed by atoms with van der Waals surface area (Å²) in [5.74, 6) is -3.88. The van der Waals surface area contributed by atoms with Crippen molar-refractivity contribution in [2.45, 2.75) is 12.4 Å². The molecule has 0 heterocycles. The Balaban J connectivity index is 2.64. The van der Waals surface area contributed by atoms with E-state index in [-0.39, 0.29) is 12.1 Å². The molecule has 11 heteroatoms. The summed E-state index contributed by atoms with van der Waals surface area (Å²) in [6, 6.07) is 1.88. The first kappa shape index (κ1) is 19.2. The van der Waals surface area contributed by atoms with Crippen molar-refractivity contribution in [3.63, 3.8) is 0 Å². The Bertz CT molecular complexity index is 819. The highest BCUT2D eigenvalue weighted by Crippen LogP contribution is 2.42. The number of anilines is 2. The van der Waals surface area contributed by atoms with Crippen molar-refractivity contribution in [1.29, 1.82) is 0 Å². The number of phenols is 2. The molecule has 0 spiro atoms. The number of phenolic OH excluding ortho intramolecular Hbond substituents is 2. The Labute approximate surface area is 141 Å². The van der Waals surface area contributed by atoms with Crippen LogP contribution < -0.4 is 11.5 Å². The molecule has 0 saturated carbocycles. The van der Waals surface area contributed by atoms with Crippen molar-refractivity contribution in [2.24, 2.45) is 0 Å². The average Bonchev–Trinajstić information content (AvgIpc) is 2.49. The number of hydrogen-bond donors (Lipinski definition) is 4. The first-order valence-corrected chi connectivity index (χ1v) is 6.67. The fourth-order valence-electron chi connectivity index (χ4n) is 2.17. The third kappa shape index (κ3) is 3.46. The number of benzene rings is 2. The zero-order valence-electron chi connectivity index (χ0n) is 12.5. The van der Waals surface area contributed by atoms with Crippen molar-refractivity contribution in [2.75, 3.05) is 11.5 Å². The van der Waals surface area contributed by atoms with E-state index in [4.69, 9.17) is 11.5 Å². The SMILES string of the molecule is Nc1cc(C(=O)c2cc(N)c(O)c(C(F)(F)F)c2)cc(C(F)(F)F)c1O. The molecule has 0 bridgehead atoms. The molecule has 0 aromatic heterocycles. The maximum Gasteiger partial charge on any atom is 0.420 e. The first-order valence-electron chi connectivity index (χ1n) is 6.67. The number of halogens is 6. The highest BCUT2D eigenvalue weighted by atomic mass is 19.4. The second kappa shape index (κ2) is 6.00. The summed E-state index contributed by atoms with van der Waals surface area (Å²) >= 11 is 0. The van der Waals surface area contributed by atoms with Gasteiger partial charge in [0.05, 0.1) is 11.4 Å². The monoisotopic (exact) mass is 380 g/mol. The highest BCUT2D eigenvalue weighted by molar-refractivity contribution is 6.10. The number of alkyl halides is 6. The number of nitrogens with two attached hydrogens (primary N) is 2. The van der Waals surface area contributed by atoms with Crippen molar-refractivity contribution in [3.05, 3.63) is 46.5 Å². The Morgan fingerprint density at radius 3 is 1.31 bits per heavy atom. The van der Waals surface area contributed by atoms with Crippen LogP contribution in [0.25, 0.3) is 0 Å². The summed E-state index contributed by atoms with van der Waals surface area (Å²) in [4.78, 5) is 12.3. The van der Waals surface area contributed by atoms with Gasteiger partial charge >= 0.3 is 12.4 Å². The lowest BCUT2D eigenvalue weighted by Crippen LogP contribution is -2.12. The molecule has 0 amide bonds. The number of ketones is 1. The minimum Gasteiger partial charge on any atom is -0.505 e. The van der Waals surface area contributed by atoms with Gasteiger partial charge in [0.1, 0.15) is 11.1 Å². The summed E-state index contributed by atoms with van der Waals surface area (Å²) in [6.07, 6.45) is -10.1. The summed E-state index contributed by atoms with van der Waals surface area (Å²) in [5, 5.41) is 18.8. The number of aromatic hydroxyl groups is 2. The van der Waals surface area contributed by atoms with Gasteiger partial charge in [-0.05, 0) is 24.3 Å².